The van der Waals surface area contributed by atoms with Crippen LogP contribution in [0.4, 0.5) is 0 Å². The van der Waals surface area contributed by atoms with E-state index in [1.807, 2.05) is 48.0 Å². The van der Waals surface area contributed by atoms with Gasteiger partial charge in [0.25, 0.3) is 5.91 Å². The number of nitrogens with zero attached hydrogens (tertiary/aromatic N) is 1. The molecule has 0 spiro atoms. The first kappa shape index (κ1) is 18.7. The van der Waals surface area contributed by atoms with Crippen molar-refractivity contribution in [3.63, 3.8) is 0 Å². The SMILES string of the molecule is Cn1c(C(=O)N[C@H]2C3CC4CC2C[C@](C(N)=O)(C4)C3)ccc1-c1cccc(Cl)c1. The van der Waals surface area contributed by atoms with E-state index < -0.39 is 0 Å². The molecule has 0 saturated heterocycles. The van der Waals surface area contributed by atoms with E-state index in [2.05, 4.69) is 5.32 Å². The Bertz CT molecular complexity index is 982. The predicted octanol–water partition coefficient (Wildman–Crippen LogP) is 3.76. The van der Waals surface area contributed by atoms with Crippen molar-refractivity contribution in [1.82, 2.24) is 9.88 Å². The number of rotatable bonds is 4. The summed E-state index contributed by atoms with van der Waals surface area (Å²) in [6.07, 6.45) is 4.77. The second-order valence-electron chi connectivity index (χ2n) is 9.29. The van der Waals surface area contributed by atoms with Gasteiger partial charge in [-0.05, 0) is 79.7 Å². The molecule has 4 aliphatic rings. The zero-order valence-electron chi connectivity index (χ0n) is 16.5. The number of carbonyl (C=O) groups is 2. The lowest BCUT2D eigenvalue weighted by Crippen LogP contribution is -2.62. The highest BCUT2D eigenvalue weighted by molar-refractivity contribution is 6.30. The lowest BCUT2D eigenvalue weighted by Gasteiger charge is -2.58. The maximum Gasteiger partial charge on any atom is 0.268 e. The molecule has 1 aromatic heterocycles. The van der Waals surface area contributed by atoms with Crippen LogP contribution in [0.1, 0.15) is 42.6 Å². The molecule has 2 atom stereocenters. The zero-order chi connectivity index (χ0) is 20.3. The molecule has 0 radical (unpaired) electrons. The Balaban J connectivity index is 1.36. The highest BCUT2D eigenvalue weighted by atomic mass is 35.5. The summed E-state index contributed by atoms with van der Waals surface area (Å²) in [4.78, 5) is 25.3. The summed E-state index contributed by atoms with van der Waals surface area (Å²) in [5.41, 5.74) is 8.02. The lowest BCUT2D eigenvalue weighted by atomic mass is 9.47. The van der Waals surface area contributed by atoms with Crippen molar-refractivity contribution in [3.05, 3.63) is 47.1 Å². The third kappa shape index (κ3) is 2.98. The van der Waals surface area contributed by atoms with E-state index in [1.165, 1.54) is 0 Å². The molecule has 6 heteroatoms. The Morgan fingerprint density at radius 1 is 1.14 bits per heavy atom. The molecule has 2 unspecified atom stereocenters. The predicted molar refractivity (Wildman–Crippen MR) is 112 cm³/mol. The van der Waals surface area contributed by atoms with Gasteiger partial charge in [-0.3, -0.25) is 9.59 Å². The molecular formula is C23H26ClN3O2. The van der Waals surface area contributed by atoms with E-state index >= 15 is 0 Å². The van der Waals surface area contributed by atoms with Crippen LogP contribution in [0.2, 0.25) is 5.02 Å². The number of nitrogens with two attached hydrogens (primary N) is 1. The van der Waals surface area contributed by atoms with E-state index in [-0.39, 0.29) is 23.3 Å². The van der Waals surface area contributed by atoms with Gasteiger partial charge in [0, 0.05) is 29.2 Å². The van der Waals surface area contributed by atoms with Crippen LogP contribution in [-0.4, -0.2) is 22.4 Å². The van der Waals surface area contributed by atoms with Crippen molar-refractivity contribution >= 4 is 23.4 Å². The number of hydrogen-bond donors (Lipinski definition) is 2. The van der Waals surface area contributed by atoms with Crippen LogP contribution >= 0.6 is 11.6 Å². The summed E-state index contributed by atoms with van der Waals surface area (Å²) in [6.45, 7) is 0. The summed E-state index contributed by atoms with van der Waals surface area (Å²) in [7, 11) is 1.91. The molecular weight excluding hydrogens is 386 g/mol. The Morgan fingerprint density at radius 3 is 2.52 bits per heavy atom. The number of amides is 2. The second kappa shape index (κ2) is 6.63. The number of aromatic nitrogens is 1. The zero-order valence-corrected chi connectivity index (χ0v) is 17.3. The molecule has 4 bridgehead atoms. The highest BCUT2D eigenvalue weighted by Gasteiger charge is 2.58. The van der Waals surface area contributed by atoms with Crippen molar-refractivity contribution in [3.8, 4) is 11.3 Å². The van der Waals surface area contributed by atoms with Gasteiger partial charge in [-0.1, -0.05) is 23.7 Å². The van der Waals surface area contributed by atoms with Gasteiger partial charge in [0.15, 0.2) is 0 Å². The van der Waals surface area contributed by atoms with Crippen LogP contribution in [0.25, 0.3) is 11.3 Å². The van der Waals surface area contributed by atoms with Gasteiger partial charge in [0.1, 0.15) is 5.69 Å². The summed E-state index contributed by atoms with van der Waals surface area (Å²) >= 11 is 6.13. The van der Waals surface area contributed by atoms with E-state index in [9.17, 15) is 9.59 Å². The Kier molecular flexibility index (Phi) is 4.28. The number of nitrogens with one attached hydrogen (secondary N) is 1. The molecule has 0 aliphatic heterocycles. The first-order chi connectivity index (χ1) is 13.9. The van der Waals surface area contributed by atoms with Crippen molar-refractivity contribution in [1.29, 1.82) is 0 Å². The van der Waals surface area contributed by atoms with Crippen molar-refractivity contribution in [2.45, 2.75) is 38.1 Å². The molecule has 3 N–H and O–H groups in total. The molecule has 29 heavy (non-hydrogen) atoms. The summed E-state index contributed by atoms with van der Waals surface area (Å²) in [5.74, 6) is 1.09. The smallest absolute Gasteiger partial charge is 0.268 e. The topological polar surface area (TPSA) is 77.1 Å². The molecule has 1 heterocycles. The minimum absolute atomic E-state index is 0.0497. The fourth-order valence-electron chi connectivity index (χ4n) is 6.46. The minimum Gasteiger partial charge on any atom is -0.369 e. The fraction of sp³-hybridized carbons (Fsp3) is 0.478. The van der Waals surface area contributed by atoms with Crippen molar-refractivity contribution in [2.75, 3.05) is 0 Å². The fourth-order valence-corrected chi connectivity index (χ4v) is 6.65. The third-order valence-electron chi connectivity index (χ3n) is 7.57. The molecule has 5 nitrogen and oxygen atoms in total. The first-order valence-electron chi connectivity index (χ1n) is 10.4. The van der Waals surface area contributed by atoms with Gasteiger partial charge in [-0.15, -0.1) is 0 Å². The standard InChI is InChI=1S/C23H26ClN3O2/c1-27-18(14-3-2-4-17(24)9-14)5-6-19(27)21(28)26-20-15-7-13-8-16(20)12-23(10-13,11-15)22(25)29/h2-6,9,13,15-16,20H,7-8,10-12H2,1H3,(H2,25,29)(H,26,28)/t13?,15?,16?,20-,23-. The quantitative estimate of drug-likeness (QED) is 0.803. The van der Waals surface area contributed by atoms with Gasteiger partial charge >= 0.3 is 0 Å². The number of carbonyl (C=O) groups excluding carboxylic acids is 2. The first-order valence-corrected chi connectivity index (χ1v) is 10.8. The van der Waals surface area contributed by atoms with Crippen molar-refractivity contribution in [2.24, 2.45) is 36.0 Å². The highest BCUT2D eigenvalue weighted by Crippen LogP contribution is 2.59. The van der Waals surface area contributed by atoms with Crippen molar-refractivity contribution < 1.29 is 9.59 Å². The average Bonchev–Trinajstić information content (AvgIpc) is 3.05. The molecule has 1 aromatic carbocycles. The minimum atomic E-state index is -0.331. The number of primary amides is 1. The monoisotopic (exact) mass is 411 g/mol. The van der Waals surface area contributed by atoms with Crippen LogP contribution in [-0.2, 0) is 11.8 Å². The lowest BCUT2D eigenvalue weighted by molar-refractivity contribution is -0.145. The average molecular weight is 412 g/mol. The Labute approximate surface area is 175 Å². The third-order valence-corrected chi connectivity index (χ3v) is 7.80. The molecule has 152 valence electrons. The maximum atomic E-state index is 13.1. The van der Waals surface area contributed by atoms with Crippen LogP contribution in [0.15, 0.2) is 36.4 Å². The number of benzene rings is 1. The number of hydrogen-bond acceptors (Lipinski definition) is 2. The second-order valence-corrected chi connectivity index (χ2v) is 9.72. The van der Waals surface area contributed by atoms with Crippen LogP contribution in [0.3, 0.4) is 0 Å². The van der Waals surface area contributed by atoms with Crippen LogP contribution in [0.5, 0.6) is 0 Å². The van der Waals surface area contributed by atoms with Gasteiger partial charge < -0.3 is 15.6 Å². The molecule has 6 rings (SSSR count). The van der Waals surface area contributed by atoms with E-state index in [0.717, 1.165) is 43.4 Å². The van der Waals surface area contributed by atoms with Gasteiger partial charge in [0.05, 0.1) is 0 Å². The van der Waals surface area contributed by atoms with E-state index in [1.54, 1.807) is 0 Å². The Hall–Kier alpha value is -2.27. The van der Waals surface area contributed by atoms with Gasteiger partial charge in [-0.25, -0.2) is 0 Å². The molecule has 4 fully saturated rings. The molecule has 2 amide bonds. The normalized spacial score (nSPS) is 32.3. The maximum absolute atomic E-state index is 13.1. The van der Waals surface area contributed by atoms with Gasteiger partial charge in [-0.2, -0.15) is 0 Å². The van der Waals surface area contributed by atoms with E-state index in [4.69, 9.17) is 17.3 Å². The van der Waals surface area contributed by atoms with Gasteiger partial charge in [0.2, 0.25) is 5.91 Å². The molecule has 4 saturated carbocycles. The van der Waals surface area contributed by atoms with Crippen LogP contribution in [0, 0.1) is 23.2 Å². The molecule has 2 aromatic rings. The van der Waals surface area contributed by atoms with E-state index in [0.29, 0.717) is 28.5 Å². The summed E-state index contributed by atoms with van der Waals surface area (Å²) in [6, 6.07) is 11.6. The Morgan fingerprint density at radius 2 is 1.86 bits per heavy atom. The number of halogens is 1. The summed E-state index contributed by atoms with van der Waals surface area (Å²) < 4.78 is 1.92. The summed E-state index contributed by atoms with van der Waals surface area (Å²) in [5, 5.41) is 3.99. The largest absolute Gasteiger partial charge is 0.369 e. The molecule has 4 aliphatic carbocycles. The van der Waals surface area contributed by atoms with Crippen LogP contribution < -0.4 is 11.1 Å².